The lowest BCUT2D eigenvalue weighted by molar-refractivity contribution is 0.0734. The van der Waals surface area contributed by atoms with Crippen molar-refractivity contribution < 1.29 is 18.7 Å². The van der Waals surface area contributed by atoms with Gasteiger partial charge in [-0.05, 0) is 55.2 Å². The van der Waals surface area contributed by atoms with Crippen LogP contribution in [0.25, 0.3) is 0 Å². The molecule has 4 heteroatoms. The van der Waals surface area contributed by atoms with E-state index in [0.717, 1.165) is 19.3 Å². The highest BCUT2D eigenvalue weighted by Crippen LogP contribution is 2.21. The van der Waals surface area contributed by atoms with E-state index >= 15 is 0 Å². The van der Waals surface area contributed by atoms with Gasteiger partial charge in [0.1, 0.15) is 5.75 Å². The van der Waals surface area contributed by atoms with Crippen molar-refractivity contribution >= 4 is 5.97 Å². The summed E-state index contributed by atoms with van der Waals surface area (Å²) in [5.41, 5.74) is 1.43. The molecule has 2 rings (SSSR count). The van der Waals surface area contributed by atoms with Gasteiger partial charge < -0.3 is 9.47 Å². The number of carbonyl (C=O) groups excluding carboxylic acids is 1. The Morgan fingerprint density at radius 1 is 0.676 bits per heavy atom. The fourth-order valence-electron chi connectivity index (χ4n) is 4.52. The fraction of sp³-hybridized carbons (Fsp3) is 0.606. The number of halogens is 1. The number of carbonyl (C=O) groups is 1. The van der Waals surface area contributed by atoms with Crippen LogP contribution in [0.3, 0.4) is 0 Å². The lowest BCUT2D eigenvalue weighted by atomic mass is 10.0. The fourth-order valence-corrected chi connectivity index (χ4v) is 4.52. The Bertz CT molecular complexity index is 862. The number of unbranched alkanes of at least 4 members (excludes halogenated alkanes) is 14. The SMILES string of the molecule is CCCCCCCCCCOc1ccc(C(=O)Oc2ccc(CCCCCCCCCC)cc2)cc1F. The Morgan fingerprint density at radius 2 is 1.22 bits per heavy atom. The standard InChI is InChI=1S/C33H49FO3/c1-3-5-7-9-11-13-15-17-19-28-20-23-30(24-21-28)37-33(35)29-22-25-32(31(34)27-29)36-26-18-16-14-12-10-8-6-4-2/h20-25,27H,3-19,26H2,1-2H3. The van der Waals surface area contributed by atoms with Crippen molar-refractivity contribution in [3.05, 3.63) is 59.4 Å². The van der Waals surface area contributed by atoms with Crippen LogP contribution in [0.5, 0.6) is 11.5 Å². The summed E-state index contributed by atoms with van der Waals surface area (Å²) >= 11 is 0. The van der Waals surface area contributed by atoms with Crippen molar-refractivity contribution in [2.45, 2.75) is 123 Å². The molecular weight excluding hydrogens is 463 g/mol. The number of aryl methyl sites for hydroxylation is 1. The highest BCUT2D eigenvalue weighted by molar-refractivity contribution is 5.91. The summed E-state index contributed by atoms with van der Waals surface area (Å²) in [6.07, 6.45) is 21.1. The van der Waals surface area contributed by atoms with Crippen LogP contribution in [0.4, 0.5) is 4.39 Å². The van der Waals surface area contributed by atoms with Crippen LogP contribution >= 0.6 is 0 Å². The molecule has 3 nitrogen and oxygen atoms in total. The van der Waals surface area contributed by atoms with Gasteiger partial charge in [-0.1, -0.05) is 116 Å². The molecule has 0 saturated carbocycles. The smallest absolute Gasteiger partial charge is 0.343 e. The molecule has 0 unspecified atom stereocenters. The third-order valence-corrected chi connectivity index (χ3v) is 6.88. The number of rotatable bonds is 21. The van der Waals surface area contributed by atoms with Crippen molar-refractivity contribution in [3.8, 4) is 11.5 Å². The number of ether oxygens (including phenoxy) is 2. The van der Waals surface area contributed by atoms with Crippen molar-refractivity contribution in [1.29, 1.82) is 0 Å². The molecule has 0 N–H and O–H groups in total. The molecule has 0 aliphatic rings. The molecule has 0 bridgehead atoms. The average Bonchev–Trinajstić information content (AvgIpc) is 2.91. The van der Waals surface area contributed by atoms with Gasteiger partial charge in [0.05, 0.1) is 12.2 Å². The molecule has 2 aromatic rings. The Hall–Kier alpha value is -2.36. The molecule has 206 valence electrons. The van der Waals surface area contributed by atoms with Gasteiger partial charge in [0.15, 0.2) is 11.6 Å². The van der Waals surface area contributed by atoms with E-state index in [-0.39, 0.29) is 11.3 Å². The van der Waals surface area contributed by atoms with E-state index in [1.54, 1.807) is 6.07 Å². The van der Waals surface area contributed by atoms with Gasteiger partial charge in [0.25, 0.3) is 0 Å². The predicted octanol–water partition coefficient (Wildman–Crippen LogP) is 10.2. The first-order valence-electron chi connectivity index (χ1n) is 14.9. The summed E-state index contributed by atoms with van der Waals surface area (Å²) in [5, 5.41) is 0. The van der Waals surface area contributed by atoms with Crippen molar-refractivity contribution in [2.24, 2.45) is 0 Å². The highest BCUT2D eigenvalue weighted by atomic mass is 19.1. The van der Waals surface area contributed by atoms with E-state index in [1.807, 2.05) is 24.3 Å². The first-order valence-corrected chi connectivity index (χ1v) is 14.9. The van der Waals surface area contributed by atoms with Gasteiger partial charge >= 0.3 is 5.97 Å². The second-order valence-corrected chi connectivity index (χ2v) is 10.2. The summed E-state index contributed by atoms with van der Waals surface area (Å²) in [6.45, 7) is 4.96. The van der Waals surface area contributed by atoms with Crippen molar-refractivity contribution in [2.75, 3.05) is 6.61 Å². The van der Waals surface area contributed by atoms with Gasteiger partial charge in [0.2, 0.25) is 0 Å². The largest absolute Gasteiger partial charge is 0.491 e. The van der Waals surface area contributed by atoms with Crippen molar-refractivity contribution in [3.63, 3.8) is 0 Å². The molecule has 0 spiro atoms. The van der Waals surface area contributed by atoms with Crippen LogP contribution in [0, 0.1) is 5.82 Å². The molecular formula is C33H49FO3. The average molecular weight is 513 g/mol. The molecule has 0 aliphatic carbocycles. The lowest BCUT2D eigenvalue weighted by Crippen LogP contribution is -2.09. The monoisotopic (exact) mass is 512 g/mol. The third-order valence-electron chi connectivity index (χ3n) is 6.88. The van der Waals surface area contributed by atoms with Gasteiger partial charge in [-0.3, -0.25) is 0 Å². The molecule has 0 aromatic heterocycles. The van der Waals surface area contributed by atoms with Crippen LogP contribution in [0.15, 0.2) is 42.5 Å². The normalized spacial score (nSPS) is 11.0. The Labute approximate surface area is 225 Å². The minimum absolute atomic E-state index is 0.181. The Morgan fingerprint density at radius 3 is 1.78 bits per heavy atom. The zero-order valence-electron chi connectivity index (χ0n) is 23.4. The maximum atomic E-state index is 14.5. The van der Waals surface area contributed by atoms with Crippen LogP contribution in [0.1, 0.15) is 133 Å². The quantitative estimate of drug-likeness (QED) is 0.0948. The number of hydrogen-bond donors (Lipinski definition) is 0. The van der Waals surface area contributed by atoms with Crippen LogP contribution in [0.2, 0.25) is 0 Å². The van der Waals surface area contributed by atoms with E-state index in [9.17, 15) is 9.18 Å². The molecule has 0 amide bonds. The van der Waals surface area contributed by atoms with E-state index in [0.29, 0.717) is 12.4 Å². The molecule has 0 aliphatic heterocycles. The van der Waals surface area contributed by atoms with E-state index < -0.39 is 11.8 Å². The minimum atomic E-state index is -0.565. The molecule has 37 heavy (non-hydrogen) atoms. The van der Waals surface area contributed by atoms with Gasteiger partial charge in [0, 0.05) is 0 Å². The summed E-state index contributed by atoms with van der Waals surface area (Å²) in [4.78, 5) is 12.5. The molecule has 0 fully saturated rings. The Kier molecular flexibility index (Phi) is 16.4. The molecule has 0 heterocycles. The topological polar surface area (TPSA) is 35.5 Å². The first kappa shape index (κ1) is 30.9. The van der Waals surface area contributed by atoms with Gasteiger partial charge in [-0.25, -0.2) is 9.18 Å². The van der Waals surface area contributed by atoms with E-state index in [2.05, 4.69) is 13.8 Å². The first-order chi connectivity index (χ1) is 18.1. The third kappa shape index (κ3) is 13.7. The van der Waals surface area contributed by atoms with Crippen LogP contribution < -0.4 is 9.47 Å². The highest BCUT2D eigenvalue weighted by Gasteiger charge is 2.13. The molecule has 0 saturated heterocycles. The number of esters is 1. The summed E-state index contributed by atoms with van der Waals surface area (Å²) < 4.78 is 25.5. The molecule has 0 atom stereocenters. The molecule has 2 aromatic carbocycles. The maximum Gasteiger partial charge on any atom is 0.343 e. The van der Waals surface area contributed by atoms with Crippen molar-refractivity contribution in [1.82, 2.24) is 0 Å². The van der Waals surface area contributed by atoms with E-state index in [1.165, 1.54) is 108 Å². The zero-order valence-corrected chi connectivity index (χ0v) is 23.4. The van der Waals surface area contributed by atoms with Crippen LogP contribution in [-0.4, -0.2) is 12.6 Å². The number of benzene rings is 2. The molecule has 0 radical (unpaired) electrons. The predicted molar refractivity (Wildman–Crippen MR) is 152 cm³/mol. The maximum absolute atomic E-state index is 14.5. The zero-order chi connectivity index (χ0) is 26.6. The summed E-state index contributed by atoms with van der Waals surface area (Å²) in [5.74, 6) is -0.441. The number of hydrogen-bond acceptors (Lipinski definition) is 3. The second kappa shape index (κ2) is 19.7. The van der Waals surface area contributed by atoms with Gasteiger partial charge in [-0.2, -0.15) is 0 Å². The lowest BCUT2D eigenvalue weighted by Gasteiger charge is -2.09. The second-order valence-electron chi connectivity index (χ2n) is 10.2. The Balaban J connectivity index is 1.65. The van der Waals surface area contributed by atoms with Crippen LogP contribution in [-0.2, 0) is 6.42 Å². The summed E-state index contributed by atoms with van der Waals surface area (Å²) in [7, 11) is 0. The van der Waals surface area contributed by atoms with Gasteiger partial charge in [-0.15, -0.1) is 0 Å². The van der Waals surface area contributed by atoms with E-state index in [4.69, 9.17) is 9.47 Å². The minimum Gasteiger partial charge on any atom is -0.491 e. The summed E-state index contributed by atoms with van der Waals surface area (Å²) in [6, 6.07) is 11.9.